The SMILES string of the molecule is CCc1nn(C)c(Nc2ccc(C#N)cc2Br)c1N. The van der Waals surface area contributed by atoms with Gasteiger partial charge in [-0.15, -0.1) is 0 Å². The average Bonchev–Trinajstić information content (AvgIpc) is 2.68. The van der Waals surface area contributed by atoms with E-state index in [2.05, 4.69) is 32.4 Å². The van der Waals surface area contributed by atoms with Gasteiger partial charge in [0.1, 0.15) is 0 Å². The van der Waals surface area contributed by atoms with Crippen LogP contribution in [0.25, 0.3) is 0 Å². The Balaban J connectivity index is 2.37. The molecule has 0 bridgehead atoms. The van der Waals surface area contributed by atoms with Gasteiger partial charge in [-0.1, -0.05) is 6.92 Å². The summed E-state index contributed by atoms with van der Waals surface area (Å²) in [5, 5.41) is 16.4. The molecule has 0 radical (unpaired) electrons. The number of rotatable bonds is 3. The molecule has 0 atom stereocenters. The molecule has 0 saturated carbocycles. The predicted molar refractivity (Wildman–Crippen MR) is 79.1 cm³/mol. The van der Waals surface area contributed by atoms with E-state index in [0.717, 1.165) is 28.1 Å². The lowest BCUT2D eigenvalue weighted by Crippen LogP contribution is -2.02. The molecule has 19 heavy (non-hydrogen) atoms. The van der Waals surface area contributed by atoms with Crippen molar-refractivity contribution in [2.24, 2.45) is 7.05 Å². The van der Waals surface area contributed by atoms with E-state index in [1.165, 1.54) is 0 Å². The van der Waals surface area contributed by atoms with Gasteiger partial charge in [0.15, 0.2) is 5.82 Å². The summed E-state index contributed by atoms with van der Waals surface area (Å²) in [6.45, 7) is 2.01. The molecule has 1 heterocycles. The highest BCUT2D eigenvalue weighted by Gasteiger charge is 2.13. The van der Waals surface area contributed by atoms with Crippen LogP contribution in [-0.2, 0) is 13.5 Å². The van der Waals surface area contributed by atoms with Gasteiger partial charge < -0.3 is 11.1 Å². The summed E-state index contributed by atoms with van der Waals surface area (Å²) < 4.78 is 2.53. The average molecular weight is 320 g/mol. The van der Waals surface area contributed by atoms with Crippen molar-refractivity contribution >= 4 is 33.1 Å². The minimum absolute atomic E-state index is 0.602. The predicted octanol–water partition coefficient (Wildman–Crippen LogP) is 2.94. The smallest absolute Gasteiger partial charge is 0.152 e. The molecule has 3 N–H and O–H groups in total. The third kappa shape index (κ3) is 2.56. The van der Waals surface area contributed by atoms with Gasteiger partial charge in [-0.3, -0.25) is 4.68 Å². The Morgan fingerprint density at radius 3 is 2.79 bits per heavy atom. The van der Waals surface area contributed by atoms with E-state index in [1.807, 2.05) is 20.0 Å². The van der Waals surface area contributed by atoms with Crippen molar-refractivity contribution in [3.63, 3.8) is 0 Å². The Morgan fingerprint density at radius 2 is 2.26 bits per heavy atom. The third-order valence-electron chi connectivity index (χ3n) is 2.85. The number of aryl methyl sites for hydroxylation is 2. The van der Waals surface area contributed by atoms with Crippen molar-refractivity contribution < 1.29 is 0 Å². The first-order valence-corrected chi connectivity index (χ1v) is 6.64. The number of nitrogens with one attached hydrogen (secondary N) is 1. The molecule has 1 aromatic heterocycles. The molecular formula is C13H14BrN5. The second-order valence-corrected chi connectivity index (χ2v) is 4.97. The van der Waals surface area contributed by atoms with Crippen molar-refractivity contribution in [3.05, 3.63) is 33.9 Å². The molecule has 0 amide bonds. The molecule has 0 fully saturated rings. The third-order valence-corrected chi connectivity index (χ3v) is 3.50. The van der Waals surface area contributed by atoms with E-state index < -0.39 is 0 Å². The van der Waals surface area contributed by atoms with E-state index in [1.54, 1.807) is 16.8 Å². The molecule has 2 rings (SSSR count). The molecule has 98 valence electrons. The minimum atomic E-state index is 0.602. The van der Waals surface area contributed by atoms with Crippen LogP contribution >= 0.6 is 15.9 Å². The summed E-state index contributed by atoms with van der Waals surface area (Å²) in [6, 6.07) is 7.44. The van der Waals surface area contributed by atoms with Gasteiger partial charge in [0, 0.05) is 11.5 Å². The monoisotopic (exact) mass is 319 g/mol. The fraction of sp³-hybridized carbons (Fsp3) is 0.231. The normalized spacial score (nSPS) is 10.2. The number of hydrogen-bond acceptors (Lipinski definition) is 4. The van der Waals surface area contributed by atoms with Gasteiger partial charge in [-0.25, -0.2) is 0 Å². The van der Waals surface area contributed by atoms with E-state index in [9.17, 15) is 0 Å². The Bertz CT molecular complexity index is 654. The van der Waals surface area contributed by atoms with Gasteiger partial charge >= 0.3 is 0 Å². The van der Waals surface area contributed by atoms with E-state index in [-0.39, 0.29) is 0 Å². The van der Waals surface area contributed by atoms with E-state index >= 15 is 0 Å². The number of anilines is 3. The molecule has 0 aliphatic carbocycles. The first-order valence-electron chi connectivity index (χ1n) is 5.84. The van der Waals surface area contributed by atoms with Crippen molar-refractivity contribution in [2.45, 2.75) is 13.3 Å². The van der Waals surface area contributed by atoms with Crippen molar-refractivity contribution in [1.82, 2.24) is 9.78 Å². The van der Waals surface area contributed by atoms with Crippen LogP contribution in [-0.4, -0.2) is 9.78 Å². The van der Waals surface area contributed by atoms with Crippen LogP contribution < -0.4 is 11.1 Å². The Labute approximate surface area is 120 Å². The number of nitrogens with two attached hydrogens (primary N) is 1. The maximum absolute atomic E-state index is 8.84. The summed E-state index contributed by atoms with van der Waals surface area (Å²) in [4.78, 5) is 0. The summed E-state index contributed by atoms with van der Waals surface area (Å²) in [5.41, 5.74) is 9.02. The summed E-state index contributed by atoms with van der Waals surface area (Å²) in [7, 11) is 1.84. The first-order chi connectivity index (χ1) is 9.06. The highest BCUT2D eigenvalue weighted by Crippen LogP contribution is 2.30. The van der Waals surface area contributed by atoms with E-state index in [4.69, 9.17) is 11.0 Å². The second kappa shape index (κ2) is 5.33. The molecule has 2 aromatic rings. The molecule has 0 unspecified atom stereocenters. The molecular weight excluding hydrogens is 306 g/mol. The summed E-state index contributed by atoms with van der Waals surface area (Å²) >= 11 is 3.43. The lowest BCUT2D eigenvalue weighted by molar-refractivity contribution is 0.753. The maximum atomic E-state index is 8.84. The molecule has 5 nitrogen and oxygen atoms in total. The van der Waals surface area contributed by atoms with Gasteiger partial charge in [-0.2, -0.15) is 10.4 Å². The highest BCUT2D eigenvalue weighted by molar-refractivity contribution is 9.10. The van der Waals surface area contributed by atoms with Crippen molar-refractivity contribution in [3.8, 4) is 6.07 Å². The Kier molecular flexibility index (Phi) is 3.76. The fourth-order valence-corrected chi connectivity index (χ4v) is 2.30. The van der Waals surface area contributed by atoms with Crippen LogP contribution in [0.2, 0.25) is 0 Å². The number of nitriles is 1. The number of nitrogens with zero attached hydrogens (tertiary/aromatic N) is 3. The Hall–Kier alpha value is -2.00. The molecule has 0 saturated heterocycles. The second-order valence-electron chi connectivity index (χ2n) is 4.12. The zero-order valence-electron chi connectivity index (χ0n) is 10.7. The minimum Gasteiger partial charge on any atom is -0.394 e. The molecule has 0 aliphatic heterocycles. The van der Waals surface area contributed by atoms with Crippen LogP contribution in [0.1, 0.15) is 18.2 Å². The van der Waals surface area contributed by atoms with Crippen LogP contribution in [0.15, 0.2) is 22.7 Å². The van der Waals surface area contributed by atoms with E-state index in [0.29, 0.717) is 11.3 Å². The summed E-state index contributed by atoms with van der Waals surface area (Å²) in [6.07, 6.45) is 0.788. The summed E-state index contributed by atoms with van der Waals surface area (Å²) in [5.74, 6) is 0.752. The molecule has 0 spiro atoms. The van der Waals surface area contributed by atoms with Crippen molar-refractivity contribution in [1.29, 1.82) is 5.26 Å². The number of nitrogen functional groups attached to an aromatic ring is 1. The van der Waals surface area contributed by atoms with Crippen LogP contribution in [0.3, 0.4) is 0 Å². The highest BCUT2D eigenvalue weighted by atomic mass is 79.9. The lowest BCUT2D eigenvalue weighted by atomic mass is 10.2. The number of halogens is 1. The van der Waals surface area contributed by atoms with Gasteiger partial charge in [0.2, 0.25) is 0 Å². The largest absolute Gasteiger partial charge is 0.394 e. The van der Waals surface area contributed by atoms with Gasteiger partial charge in [0.25, 0.3) is 0 Å². The standard InChI is InChI=1S/C13H14BrN5/c1-3-10-12(16)13(19(2)18-10)17-11-5-4-8(7-15)6-9(11)14/h4-6,17H,3,16H2,1-2H3. The van der Waals surface area contributed by atoms with Crippen molar-refractivity contribution in [2.75, 3.05) is 11.1 Å². The molecule has 1 aromatic carbocycles. The number of hydrogen-bond donors (Lipinski definition) is 2. The lowest BCUT2D eigenvalue weighted by Gasteiger charge is -2.09. The quantitative estimate of drug-likeness (QED) is 0.911. The Morgan fingerprint density at radius 1 is 1.53 bits per heavy atom. The molecule has 6 heteroatoms. The number of aromatic nitrogens is 2. The first kappa shape index (κ1) is 13.4. The maximum Gasteiger partial charge on any atom is 0.152 e. The van der Waals surface area contributed by atoms with Gasteiger partial charge in [0.05, 0.1) is 28.7 Å². The van der Waals surface area contributed by atoms with Crippen LogP contribution in [0.4, 0.5) is 17.2 Å². The number of benzene rings is 1. The van der Waals surface area contributed by atoms with Crippen LogP contribution in [0.5, 0.6) is 0 Å². The topological polar surface area (TPSA) is 79.7 Å². The zero-order chi connectivity index (χ0) is 14.0. The zero-order valence-corrected chi connectivity index (χ0v) is 12.3. The van der Waals surface area contributed by atoms with Crippen LogP contribution in [0, 0.1) is 11.3 Å². The van der Waals surface area contributed by atoms with Gasteiger partial charge in [-0.05, 0) is 40.5 Å². The fourth-order valence-electron chi connectivity index (χ4n) is 1.82. The molecule has 0 aliphatic rings.